The number of aromatic carboxylic acids is 1. The summed E-state index contributed by atoms with van der Waals surface area (Å²) >= 11 is 1.36. The molecular formula is C10H15N3O2S. The summed E-state index contributed by atoms with van der Waals surface area (Å²) in [7, 11) is 0. The molecule has 1 heterocycles. The monoisotopic (exact) mass is 241 g/mol. The first-order valence-electron chi connectivity index (χ1n) is 5.03. The first-order valence-corrected chi connectivity index (χ1v) is 6.02. The van der Waals surface area contributed by atoms with E-state index >= 15 is 0 Å². The van der Waals surface area contributed by atoms with Gasteiger partial charge >= 0.3 is 5.97 Å². The molecule has 0 aliphatic heterocycles. The third-order valence-electron chi connectivity index (χ3n) is 1.99. The van der Waals surface area contributed by atoms with Gasteiger partial charge in [-0.05, 0) is 6.92 Å². The average Bonchev–Trinajstić information content (AvgIpc) is 2.24. The van der Waals surface area contributed by atoms with E-state index in [0.29, 0.717) is 35.3 Å². The van der Waals surface area contributed by atoms with E-state index in [9.17, 15) is 4.79 Å². The molecule has 88 valence electrons. The number of hydrogen-bond donors (Lipinski definition) is 2. The first kappa shape index (κ1) is 12.9. The van der Waals surface area contributed by atoms with Crippen LogP contribution in [0.1, 0.15) is 28.8 Å². The van der Waals surface area contributed by atoms with Crippen LogP contribution in [0.3, 0.4) is 0 Å². The van der Waals surface area contributed by atoms with E-state index in [4.69, 9.17) is 10.8 Å². The van der Waals surface area contributed by atoms with Gasteiger partial charge in [-0.15, -0.1) is 11.8 Å². The quantitative estimate of drug-likeness (QED) is 0.592. The van der Waals surface area contributed by atoms with Crippen LogP contribution in [-0.4, -0.2) is 33.3 Å². The van der Waals surface area contributed by atoms with Crippen LogP contribution in [0, 0.1) is 6.92 Å². The Kier molecular flexibility index (Phi) is 4.70. The average molecular weight is 241 g/mol. The zero-order valence-electron chi connectivity index (χ0n) is 9.36. The summed E-state index contributed by atoms with van der Waals surface area (Å²) < 4.78 is 0. The summed E-state index contributed by atoms with van der Waals surface area (Å²) in [5.41, 5.74) is 6.10. The predicted molar refractivity (Wildman–Crippen MR) is 62.9 cm³/mol. The lowest BCUT2D eigenvalue weighted by molar-refractivity contribution is 0.0690. The number of rotatable bonds is 5. The lowest BCUT2D eigenvalue weighted by Gasteiger charge is -2.08. The topological polar surface area (TPSA) is 89.1 Å². The Labute approximate surface area is 98.5 Å². The minimum absolute atomic E-state index is 0.190. The summed E-state index contributed by atoms with van der Waals surface area (Å²) in [6.07, 6.45) is 0.691. The Balaban J connectivity index is 3.17. The van der Waals surface area contributed by atoms with Gasteiger partial charge in [0.2, 0.25) is 0 Å². The fourth-order valence-electron chi connectivity index (χ4n) is 1.27. The number of nitrogens with two attached hydrogens (primary N) is 1. The van der Waals surface area contributed by atoms with Gasteiger partial charge in [0.1, 0.15) is 16.4 Å². The lowest BCUT2D eigenvalue weighted by atomic mass is 10.2. The van der Waals surface area contributed by atoms with E-state index in [1.165, 1.54) is 11.8 Å². The molecule has 1 aromatic rings. The molecule has 1 rings (SSSR count). The highest BCUT2D eigenvalue weighted by Gasteiger charge is 2.17. The zero-order chi connectivity index (χ0) is 12.1. The maximum Gasteiger partial charge on any atom is 0.340 e. The Morgan fingerprint density at radius 3 is 2.69 bits per heavy atom. The second-order valence-corrected chi connectivity index (χ2v) is 4.28. The second-order valence-electron chi connectivity index (χ2n) is 3.20. The van der Waals surface area contributed by atoms with Crippen LogP contribution in [0.15, 0.2) is 5.03 Å². The highest BCUT2D eigenvalue weighted by Crippen LogP contribution is 2.22. The van der Waals surface area contributed by atoms with E-state index < -0.39 is 5.97 Å². The van der Waals surface area contributed by atoms with Gasteiger partial charge in [-0.25, -0.2) is 14.8 Å². The number of aromatic nitrogens is 2. The van der Waals surface area contributed by atoms with Gasteiger partial charge in [0, 0.05) is 18.7 Å². The molecule has 6 heteroatoms. The van der Waals surface area contributed by atoms with Crippen LogP contribution in [0.2, 0.25) is 0 Å². The molecule has 0 bridgehead atoms. The largest absolute Gasteiger partial charge is 0.478 e. The molecule has 0 atom stereocenters. The van der Waals surface area contributed by atoms with E-state index in [0.717, 1.165) is 0 Å². The van der Waals surface area contributed by atoms with Crippen molar-refractivity contribution in [3.05, 3.63) is 17.1 Å². The Bertz CT molecular complexity index is 396. The number of carboxylic acids is 1. The van der Waals surface area contributed by atoms with Crippen molar-refractivity contribution in [2.24, 2.45) is 5.73 Å². The summed E-state index contributed by atoms with van der Waals surface area (Å²) in [4.78, 5) is 19.5. The summed E-state index contributed by atoms with van der Waals surface area (Å²) in [5.74, 6) is 0.335. The Morgan fingerprint density at radius 1 is 1.50 bits per heavy atom. The maximum absolute atomic E-state index is 11.1. The second kappa shape index (κ2) is 5.81. The van der Waals surface area contributed by atoms with Gasteiger partial charge in [-0.3, -0.25) is 0 Å². The summed E-state index contributed by atoms with van der Waals surface area (Å²) in [5, 5.41) is 9.60. The van der Waals surface area contributed by atoms with Crippen LogP contribution >= 0.6 is 11.8 Å². The van der Waals surface area contributed by atoms with Gasteiger partial charge in [0.05, 0.1) is 5.69 Å². The van der Waals surface area contributed by atoms with Gasteiger partial charge in [0.15, 0.2) is 0 Å². The Morgan fingerprint density at radius 2 is 2.19 bits per heavy atom. The molecule has 0 saturated heterocycles. The summed E-state index contributed by atoms with van der Waals surface area (Å²) in [6, 6.07) is 0. The van der Waals surface area contributed by atoms with Crippen molar-refractivity contribution in [1.29, 1.82) is 0 Å². The van der Waals surface area contributed by atoms with Crippen molar-refractivity contribution in [2.75, 3.05) is 12.3 Å². The maximum atomic E-state index is 11.1. The third kappa shape index (κ3) is 2.93. The van der Waals surface area contributed by atoms with E-state index in [-0.39, 0.29) is 5.56 Å². The molecule has 0 aliphatic carbocycles. The fraction of sp³-hybridized carbons (Fsp3) is 0.500. The van der Waals surface area contributed by atoms with Crippen molar-refractivity contribution < 1.29 is 9.90 Å². The third-order valence-corrected chi connectivity index (χ3v) is 3.00. The molecular weight excluding hydrogens is 226 g/mol. The van der Waals surface area contributed by atoms with E-state index in [1.807, 2.05) is 6.92 Å². The van der Waals surface area contributed by atoms with Gasteiger partial charge in [0.25, 0.3) is 0 Å². The minimum Gasteiger partial charge on any atom is -0.478 e. The lowest BCUT2D eigenvalue weighted by Crippen LogP contribution is -2.10. The number of hydrogen-bond acceptors (Lipinski definition) is 5. The van der Waals surface area contributed by atoms with Crippen LogP contribution in [0.5, 0.6) is 0 Å². The van der Waals surface area contributed by atoms with Crippen molar-refractivity contribution in [3.8, 4) is 0 Å². The molecule has 1 aromatic heterocycles. The predicted octanol–water partition coefficient (Wildman–Crippen LogP) is 1.10. The highest BCUT2D eigenvalue weighted by atomic mass is 32.2. The molecule has 5 nitrogen and oxygen atoms in total. The molecule has 0 radical (unpaired) electrons. The van der Waals surface area contributed by atoms with Gasteiger partial charge in [-0.1, -0.05) is 6.92 Å². The van der Waals surface area contributed by atoms with Gasteiger partial charge in [-0.2, -0.15) is 0 Å². The molecule has 0 fully saturated rings. The van der Waals surface area contributed by atoms with Crippen molar-refractivity contribution in [2.45, 2.75) is 25.3 Å². The molecule has 0 aliphatic rings. The van der Waals surface area contributed by atoms with Crippen molar-refractivity contribution in [1.82, 2.24) is 9.97 Å². The molecule has 0 unspecified atom stereocenters. The van der Waals surface area contributed by atoms with E-state index in [1.54, 1.807) is 6.92 Å². The van der Waals surface area contributed by atoms with Crippen LogP contribution in [0.25, 0.3) is 0 Å². The molecule has 0 amide bonds. The molecule has 0 aromatic carbocycles. The van der Waals surface area contributed by atoms with Crippen molar-refractivity contribution >= 4 is 17.7 Å². The smallest absolute Gasteiger partial charge is 0.340 e. The first-order chi connectivity index (χ1) is 7.60. The number of carbonyl (C=O) groups is 1. The fourth-order valence-corrected chi connectivity index (χ4v) is 2.13. The number of carboxylic acid groups (broad SMARTS) is 1. The normalized spacial score (nSPS) is 10.4. The van der Waals surface area contributed by atoms with Crippen LogP contribution in [0.4, 0.5) is 0 Å². The Hall–Kier alpha value is -1.14. The van der Waals surface area contributed by atoms with Gasteiger partial charge < -0.3 is 10.8 Å². The summed E-state index contributed by atoms with van der Waals surface area (Å²) in [6.45, 7) is 4.12. The number of aryl methyl sites for hydroxylation is 2. The van der Waals surface area contributed by atoms with Crippen LogP contribution in [-0.2, 0) is 6.42 Å². The van der Waals surface area contributed by atoms with Crippen molar-refractivity contribution in [3.63, 3.8) is 0 Å². The zero-order valence-corrected chi connectivity index (χ0v) is 10.2. The SMILES string of the molecule is CCc1nc(C)c(C(=O)O)c(SCCN)n1. The molecule has 3 N–H and O–H groups in total. The van der Waals surface area contributed by atoms with Crippen LogP contribution < -0.4 is 5.73 Å². The molecule has 0 saturated carbocycles. The highest BCUT2D eigenvalue weighted by molar-refractivity contribution is 7.99. The number of thioether (sulfide) groups is 1. The molecule has 16 heavy (non-hydrogen) atoms. The number of nitrogens with zero attached hydrogens (tertiary/aromatic N) is 2. The standard InChI is InChI=1S/C10H15N3O2S/c1-3-7-12-6(2)8(10(14)15)9(13-7)16-5-4-11/h3-5,11H2,1-2H3,(H,14,15). The van der Waals surface area contributed by atoms with E-state index in [2.05, 4.69) is 9.97 Å². The molecule has 0 spiro atoms. The minimum atomic E-state index is -0.986.